The van der Waals surface area contributed by atoms with Crippen molar-refractivity contribution in [3.05, 3.63) is 53.8 Å². The van der Waals surface area contributed by atoms with Gasteiger partial charge in [0, 0.05) is 17.9 Å². The molecule has 2 aromatic carbocycles. The summed E-state index contributed by atoms with van der Waals surface area (Å²) in [7, 11) is 0. The van der Waals surface area contributed by atoms with Gasteiger partial charge in [-0.3, -0.25) is 0 Å². The highest BCUT2D eigenvalue weighted by atomic mass is 19.1. The summed E-state index contributed by atoms with van der Waals surface area (Å²) in [4.78, 5) is 1.93. The van der Waals surface area contributed by atoms with Crippen LogP contribution in [0.5, 0.6) is 0 Å². The quantitative estimate of drug-likeness (QED) is 0.830. The molecule has 3 heteroatoms. The molecule has 0 atom stereocenters. The van der Waals surface area contributed by atoms with Crippen LogP contribution < -0.4 is 10.6 Å². The van der Waals surface area contributed by atoms with Crippen molar-refractivity contribution in [1.29, 1.82) is 0 Å². The minimum atomic E-state index is -0.214. The summed E-state index contributed by atoms with van der Waals surface area (Å²) in [6.45, 7) is 4.65. The van der Waals surface area contributed by atoms with Gasteiger partial charge < -0.3 is 10.6 Å². The third-order valence-electron chi connectivity index (χ3n) is 3.02. The first-order valence-electron chi connectivity index (χ1n) is 6.01. The van der Waals surface area contributed by atoms with E-state index in [2.05, 4.69) is 0 Å². The Morgan fingerprint density at radius 3 is 2.50 bits per heavy atom. The van der Waals surface area contributed by atoms with Crippen molar-refractivity contribution in [2.24, 2.45) is 0 Å². The molecule has 0 heterocycles. The first-order chi connectivity index (χ1) is 8.63. The Hall–Kier alpha value is -2.03. The molecule has 0 bridgehead atoms. The van der Waals surface area contributed by atoms with Crippen molar-refractivity contribution < 1.29 is 4.39 Å². The number of hydrogen-bond donors (Lipinski definition) is 1. The maximum Gasteiger partial charge on any atom is 0.146 e. The smallest absolute Gasteiger partial charge is 0.146 e. The van der Waals surface area contributed by atoms with Crippen molar-refractivity contribution in [2.75, 3.05) is 17.2 Å². The number of aryl methyl sites for hydroxylation is 1. The number of hydrogen-bond acceptors (Lipinski definition) is 2. The zero-order chi connectivity index (χ0) is 13.1. The molecule has 0 amide bonds. The van der Waals surface area contributed by atoms with Gasteiger partial charge in [-0.15, -0.1) is 0 Å². The van der Waals surface area contributed by atoms with Gasteiger partial charge in [0.25, 0.3) is 0 Å². The van der Waals surface area contributed by atoms with E-state index in [4.69, 9.17) is 5.73 Å². The predicted molar refractivity (Wildman–Crippen MR) is 74.7 cm³/mol. The highest BCUT2D eigenvalue weighted by Crippen LogP contribution is 2.29. The molecule has 0 saturated carbocycles. The molecule has 0 radical (unpaired) electrons. The lowest BCUT2D eigenvalue weighted by Crippen LogP contribution is -2.17. The Morgan fingerprint density at radius 1 is 1.17 bits per heavy atom. The van der Waals surface area contributed by atoms with E-state index in [0.717, 1.165) is 16.9 Å². The van der Waals surface area contributed by atoms with Gasteiger partial charge in [-0.2, -0.15) is 0 Å². The van der Waals surface area contributed by atoms with E-state index < -0.39 is 0 Å². The average Bonchev–Trinajstić information content (AvgIpc) is 2.37. The Kier molecular flexibility index (Phi) is 3.51. The molecule has 0 fully saturated rings. The average molecular weight is 244 g/mol. The topological polar surface area (TPSA) is 29.3 Å². The number of para-hydroxylation sites is 1. The van der Waals surface area contributed by atoms with Crippen molar-refractivity contribution >= 4 is 17.1 Å². The molecular formula is C15H17FN2. The van der Waals surface area contributed by atoms with Crippen LogP contribution in [0.3, 0.4) is 0 Å². The zero-order valence-corrected chi connectivity index (χ0v) is 10.7. The van der Waals surface area contributed by atoms with E-state index >= 15 is 0 Å². The van der Waals surface area contributed by atoms with Gasteiger partial charge in [-0.05, 0) is 49.7 Å². The number of halogens is 1. The van der Waals surface area contributed by atoms with Crippen LogP contribution in [0, 0.1) is 12.7 Å². The fourth-order valence-corrected chi connectivity index (χ4v) is 1.99. The molecule has 18 heavy (non-hydrogen) atoms. The number of anilines is 3. The van der Waals surface area contributed by atoms with Crippen molar-refractivity contribution in [2.45, 2.75) is 13.8 Å². The largest absolute Gasteiger partial charge is 0.399 e. The minimum Gasteiger partial charge on any atom is -0.399 e. The molecule has 2 rings (SSSR count). The molecule has 0 aliphatic heterocycles. The minimum absolute atomic E-state index is 0.214. The van der Waals surface area contributed by atoms with Crippen LogP contribution in [0.25, 0.3) is 0 Å². The summed E-state index contributed by atoms with van der Waals surface area (Å²) in [5.74, 6) is -0.214. The number of nitrogens with two attached hydrogens (primary N) is 1. The molecule has 0 spiro atoms. The first-order valence-corrected chi connectivity index (χ1v) is 6.01. The van der Waals surface area contributed by atoms with Gasteiger partial charge in [0.2, 0.25) is 0 Å². The number of benzene rings is 2. The van der Waals surface area contributed by atoms with E-state index in [1.165, 1.54) is 6.07 Å². The van der Waals surface area contributed by atoms with Gasteiger partial charge in [-0.25, -0.2) is 4.39 Å². The molecule has 2 nitrogen and oxygen atoms in total. The Balaban J connectivity index is 2.45. The summed E-state index contributed by atoms with van der Waals surface area (Å²) < 4.78 is 13.8. The lowest BCUT2D eigenvalue weighted by atomic mass is 10.1. The molecule has 0 aliphatic carbocycles. The van der Waals surface area contributed by atoms with E-state index in [1.807, 2.05) is 43.0 Å². The fourth-order valence-electron chi connectivity index (χ4n) is 1.99. The van der Waals surface area contributed by atoms with Crippen LogP contribution in [-0.4, -0.2) is 6.54 Å². The summed E-state index contributed by atoms with van der Waals surface area (Å²) >= 11 is 0. The van der Waals surface area contributed by atoms with Crippen LogP contribution >= 0.6 is 0 Å². The van der Waals surface area contributed by atoms with Gasteiger partial charge in [0.05, 0.1) is 5.69 Å². The molecule has 0 unspecified atom stereocenters. The third-order valence-corrected chi connectivity index (χ3v) is 3.02. The molecule has 2 aromatic rings. The lowest BCUT2D eigenvalue weighted by Gasteiger charge is -2.24. The highest BCUT2D eigenvalue weighted by molar-refractivity contribution is 5.67. The predicted octanol–water partition coefficient (Wildman–Crippen LogP) is 3.87. The third kappa shape index (κ3) is 2.30. The van der Waals surface area contributed by atoms with Crippen LogP contribution in [0.4, 0.5) is 21.5 Å². The second kappa shape index (κ2) is 5.08. The second-order valence-electron chi connectivity index (χ2n) is 4.24. The highest BCUT2D eigenvalue weighted by Gasteiger charge is 2.11. The van der Waals surface area contributed by atoms with Gasteiger partial charge in [-0.1, -0.05) is 12.1 Å². The van der Waals surface area contributed by atoms with Crippen molar-refractivity contribution in [3.63, 3.8) is 0 Å². The van der Waals surface area contributed by atoms with E-state index in [1.54, 1.807) is 12.1 Å². The normalized spacial score (nSPS) is 10.4. The van der Waals surface area contributed by atoms with Gasteiger partial charge in [0.1, 0.15) is 5.82 Å². The summed E-state index contributed by atoms with van der Waals surface area (Å²) in [6, 6.07) is 12.5. The summed E-state index contributed by atoms with van der Waals surface area (Å²) in [6.07, 6.45) is 0. The van der Waals surface area contributed by atoms with E-state index in [-0.39, 0.29) is 5.82 Å². The monoisotopic (exact) mass is 244 g/mol. The molecule has 0 aromatic heterocycles. The zero-order valence-electron chi connectivity index (χ0n) is 10.7. The standard InChI is InChI=1S/C15H17FN2/c1-3-18(15-7-5-4-6-13(15)16)12-8-9-14(17)11(2)10-12/h4-10H,3,17H2,1-2H3. The Bertz CT molecular complexity index is 552. The molecule has 2 N–H and O–H groups in total. The number of nitrogen functional groups attached to an aromatic ring is 1. The lowest BCUT2D eigenvalue weighted by molar-refractivity contribution is 0.625. The maximum absolute atomic E-state index is 13.8. The van der Waals surface area contributed by atoms with Crippen LogP contribution in [0.15, 0.2) is 42.5 Å². The molecular weight excluding hydrogens is 227 g/mol. The van der Waals surface area contributed by atoms with Gasteiger partial charge >= 0.3 is 0 Å². The number of rotatable bonds is 3. The SMILES string of the molecule is CCN(c1ccc(N)c(C)c1)c1ccccc1F. The molecule has 94 valence electrons. The Morgan fingerprint density at radius 2 is 1.89 bits per heavy atom. The first kappa shape index (κ1) is 12.4. The maximum atomic E-state index is 13.8. The van der Waals surface area contributed by atoms with Crippen LogP contribution in [0.1, 0.15) is 12.5 Å². The van der Waals surface area contributed by atoms with Crippen LogP contribution in [-0.2, 0) is 0 Å². The fraction of sp³-hybridized carbons (Fsp3) is 0.200. The summed E-state index contributed by atoms with van der Waals surface area (Å²) in [5.41, 5.74) is 9.10. The summed E-state index contributed by atoms with van der Waals surface area (Å²) in [5, 5.41) is 0. The van der Waals surface area contributed by atoms with Crippen molar-refractivity contribution in [3.8, 4) is 0 Å². The molecule has 0 saturated heterocycles. The van der Waals surface area contributed by atoms with Crippen LogP contribution in [0.2, 0.25) is 0 Å². The Labute approximate surface area is 107 Å². The number of nitrogens with zero attached hydrogens (tertiary/aromatic N) is 1. The molecule has 0 aliphatic rings. The second-order valence-corrected chi connectivity index (χ2v) is 4.24. The van der Waals surface area contributed by atoms with E-state index in [9.17, 15) is 4.39 Å². The van der Waals surface area contributed by atoms with Crippen molar-refractivity contribution in [1.82, 2.24) is 0 Å². The van der Waals surface area contributed by atoms with Gasteiger partial charge in [0.15, 0.2) is 0 Å². The van der Waals surface area contributed by atoms with E-state index in [0.29, 0.717) is 12.2 Å².